The molecule has 144 valence electrons. The Hall–Kier alpha value is -3.15. The first-order valence-electron chi connectivity index (χ1n) is 8.74. The minimum atomic E-state index is -0.633. The van der Waals surface area contributed by atoms with E-state index in [-0.39, 0.29) is 18.2 Å². The second-order valence-corrected chi connectivity index (χ2v) is 7.16. The number of hydrogen-bond acceptors (Lipinski definition) is 4. The molecule has 0 N–H and O–H groups in total. The lowest BCUT2D eigenvalue weighted by Crippen LogP contribution is -2.29. The van der Waals surface area contributed by atoms with Crippen LogP contribution in [0.5, 0.6) is 0 Å². The summed E-state index contributed by atoms with van der Waals surface area (Å²) in [6.45, 7) is 0.276. The van der Waals surface area contributed by atoms with Crippen LogP contribution < -0.4 is 4.90 Å². The highest BCUT2D eigenvalue weighted by atomic mass is 35.5. The number of fused-ring (bicyclic) bond motifs is 1. The van der Waals surface area contributed by atoms with Crippen molar-refractivity contribution in [3.05, 3.63) is 99.5 Å². The van der Waals surface area contributed by atoms with Gasteiger partial charge in [-0.25, -0.2) is 4.79 Å². The van der Waals surface area contributed by atoms with Crippen molar-refractivity contribution in [3.63, 3.8) is 0 Å². The Morgan fingerprint density at radius 3 is 2.41 bits per heavy atom. The van der Waals surface area contributed by atoms with E-state index in [0.717, 1.165) is 5.56 Å². The van der Waals surface area contributed by atoms with Crippen molar-refractivity contribution in [2.24, 2.45) is 5.16 Å². The molecule has 0 saturated carbocycles. The lowest BCUT2D eigenvalue weighted by Gasteiger charge is -2.17. The average molecular weight is 425 g/mol. The molecular formula is C22H14Cl2N2O3. The maximum Gasteiger partial charge on any atom is 0.365 e. The monoisotopic (exact) mass is 424 g/mol. The molecular weight excluding hydrogens is 411 g/mol. The lowest BCUT2D eigenvalue weighted by atomic mass is 10.1. The molecule has 0 bridgehead atoms. The first kappa shape index (κ1) is 19.2. The SMILES string of the molecule is O=C(ON=C1C(=O)N(Cc2ccc(Cl)c(Cl)c2)c2ccccc21)c1ccccc1. The molecule has 0 atom stereocenters. The molecule has 3 aromatic carbocycles. The fourth-order valence-electron chi connectivity index (χ4n) is 3.04. The molecule has 1 amide bonds. The topological polar surface area (TPSA) is 59.0 Å². The van der Waals surface area contributed by atoms with Crippen LogP contribution in [0.1, 0.15) is 21.5 Å². The van der Waals surface area contributed by atoms with Crippen LogP contribution in [0, 0.1) is 0 Å². The largest absolute Gasteiger partial charge is 0.365 e. The zero-order valence-electron chi connectivity index (χ0n) is 15.0. The van der Waals surface area contributed by atoms with Crippen LogP contribution >= 0.6 is 23.2 Å². The van der Waals surface area contributed by atoms with E-state index in [1.165, 1.54) is 0 Å². The average Bonchev–Trinajstić information content (AvgIpc) is 3.01. The van der Waals surface area contributed by atoms with Crippen LogP contribution in [0.2, 0.25) is 10.0 Å². The summed E-state index contributed by atoms with van der Waals surface area (Å²) in [6, 6.07) is 20.9. The fourth-order valence-corrected chi connectivity index (χ4v) is 3.36. The fraction of sp³-hybridized carbons (Fsp3) is 0.0455. The summed E-state index contributed by atoms with van der Waals surface area (Å²) in [6.07, 6.45) is 0. The second kappa shape index (κ2) is 8.07. The summed E-state index contributed by atoms with van der Waals surface area (Å²) < 4.78 is 0. The van der Waals surface area contributed by atoms with Crippen molar-refractivity contribution in [2.45, 2.75) is 6.54 Å². The van der Waals surface area contributed by atoms with Crippen LogP contribution in [0.15, 0.2) is 78.0 Å². The van der Waals surface area contributed by atoms with Crippen molar-refractivity contribution in [1.82, 2.24) is 0 Å². The maximum absolute atomic E-state index is 13.0. The van der Waals surface area contributed by atoms with Gasteiger partial charge in [0, 0.05) is 5.56 Å². The highest BCUT2D eigenvalue weighted by molar-refractivity contribution is 6.54. The van der Waals surface area contributed by atoms with Gasteiger partial charge in [0.25, 0.3) is 5.91 Å². The van der Waals surface area contributed by atoms with Gasteiger partial charge in [0.15, 0.2) is 5.71 Å². The summed E-state index contributed by atoms with van der Waals surface area (Å²) in [4.78, 5) is 31.8. The molecule has 1 aliphatic heterocycles. The number of para-hydroxylation sites is 1. The second-order valence-electron chi connectivity index (χ2n) is 6.34. The molecule has 0 fully saturated rings. The van der Waals surface area contributed by atoms with Crippen LogP contribution in [0.25, 0.3) is 0 Å². The van der Waals surface area contributed by atoms with Crippen LogP contribution in [-0.2, 0) is 16.2 Å². The van der Waals surface area contributed by atoms with Gasteiger partial charge in [0.05, 0.1) is 27.8 Å². The summed E-state index contributed by atoms with van der Waals surface area (Å²) in [7, 11) is 0. The molecule has 1 heterocycles. The van der Waals surface area contributed by atoms with Gasteiger partial charge in [0.2, 0.25) is 0 Å². The van der Waals surface area contributed by atoms with Gasteiger partial charge in [-0.3, -0.25) is 4.79 Å². The van der Waals surface area contributed by atoms with Crippen LogP contribution in [0.4, 0.5) is 5.69 Å². The van der Waals surface area contributed by atoms with Crippen molar-refractivity contribution in [2.75, 3.05) is 4.90 Å². The highest BCUT2D eigenvalue weighted by Crippen LogP contribution is 2.32. The molecule has 0 aliphatic carbocycles. The lowest BCUT2D eigenvalue weighted by molar-refractivity contribution is -0.112. The van der Waals surface area contributed by atoms with Crippen molar-refractivity contribution in [3.8, 4) is 0 Å². The van der Waals surface area contributed by atoms with E-state index in [4.69, 9.17) is 28.0 Å². The zero-order chi connectivity index (χ0) is 20.4. The molecule has 1 aliphatic rings. The van der Waals surface area contributed by atoms with Crippen molar-refractivity contribution >= 4 is 46.5 Å². The summed E-state index contributed by atoms with van der Waals surface area (Å²) in [5, 5.41) is 4.73. The number of benzene rings is 3. The van der Waals surface area contributed by atoms with E-state index in [0.29, 0.717) is 26.9 Å². The number of nitrogens with zero attached hydrogens (tertiary/aromatic N) is 2. The molecule has 7 heteroatoms. The van der Waals surface area contributed by atoms with E-state index in [1.807, 2.05) is 12.1 Å². The molecule has 0 saturated heterocycles. The van der Waals surface area contributed by atoms with Crippen molar-refractivity contribution in [1.29, 1.82) is 0 Å². The number of carbonyl (C=O) groups is 2. The van der Waals surface area contributed by atoms with E-state index in [9.17, 15) is 9.59 Å². The minimum absolute atomic E-state index is 0.0740. The smallest absolute Gasteiger partial charge is 0.312 e. The Morgan fingerprint density at radius 2 is 1.66 bits per heavy atom. The predicted octanol–water partition coefficient (Wildman–Crippen LogP) is 5.10. The third kappa shape index (κ3) is 3.88. The number of rotatable bonds is 4. The van der Waals surface area contributed by atoms with Gasteiger partial charge in [0.1, 0.15) is 0 Å². The molecule has 0 aromatic heterocycles. The van der Waals surface area contributed by atoms with Crippen molar-refractivity contribution < 1.29 is 14.4 Å². The van der Waals surface area contributed by atoms with E-state index >= 15 is 0 Å². The molecule has 0 unspecified atom stereocenters. The van der Waals surface area contributed by atoms with E-state index in [1.54, 1.807) is 65.6 Å². The zero-order valence-corrected chi connectivity index (χ0v) is 16.5. The number of amides is 1. The van der Waals surface area contributed by atoms with E-state index in [2.05, 4.69) is 5.16 Å². The Morgan fingerprint density at radius 1 is 0.931 bits per heavy atom. The van der Waals surface area contributed by atoms with E-state index < -0.39 is 5.97 Å². The molecule has 4 rings (SSSR count). The predicted molar refractivity (Wildman–Crippen MR) is 112 cm³/mol. The molecule has 29 heavy (non-hydrogen) atoms. The normalized spacial score (nSPS) is 14.2. The van der Waals surface area contributed by atoms with Crippen LogP contribution in [-0.4, -0.2) is 17.6 Å². The van der Waals surface area contributed by atoms with Gasteiger partial charge < -0.3 is 9.74 Å². The summed E-state index contributed by atoms with van der Waals surface area (Å²) >= 11 is 12.1. The standard InChI is InChI=1S/C22H14Cl2N2O3/c23-17-11-10-14(12-18(17)24)13-26-19-9-5-4-8-16(19)20(21(26)27)25-29-22(28)15-6-2-1-3-7-15/h1-12H,13H2. The van der Waals surface area contributed by atoms with Gasteiger partial charge >= 0.3 is 5.97 Å². The Balaban J connectivity index is 1.62. The first-order chi connectivity index (χ1) is 14.0. The third-order valence-corrected chi connectivity index (χ3v) is 5.19. The number of anilines is 1. The molecule has 3 aromatic rings. The summed E-state index contributed by atoms with van der Waals surface area (Å²) in [5.74, 6) is -0.996. The van der Waals surface area contributed by atoms with Gasteiger partial charge in [-0.2, -0.15) is 0 Å². The minimum Gasteiger partial charge on any atom is -0.312 e. The third-order valence-electron chi connectivity index (χ3n) is 4.45. The molecule has 5 nitrogen and oxygen atoms in total. The number of hydrogen-bond donors (Lipinski definition) is 0. The first-order valence-corrected chi connectivity index (χ1v) is 9.50. The maximum atomic E-state index is 13.0. The van der Waals surface area contributed by atoms with Crippen LogP contribution in [0.3, 0.4) is 0 Å². The summed E-state index contributed by atoms with van der Waals surface area (Å²) in [5.41, 5.74) is 2.51. The van der Waals surface area contributed by atoms with Gasteiger partial charge in [-0.05, 0) is 35.9 Å². The molecule has 0 spiro atoms. The number of oxime groups is 1. The van der Waals surface area contributed by atoms with Gasteiger partial charge in [-0.15, -0.1) is 0 Å². The molecule has 0 radical (unpaired) electrons. The quantitative estimate of drug-likeness (QED) is 0.432. The Bertz CT molecular complexity index is 1130. The number of halogens is 2. The number of carbonyl (C=O) groups excluding carboxylic acids is 2. The Kier molecular flexibility index (Phi) is 5.34. The highest BCUT2D eigenvalue weighted by Gasteiger charge is 2.34. The Labute approximate surface area is 177 Å². The van der Waals surface area contributed by atoms with Gasteiger partial charge in [-0.1, -0.05) is 70.8 Å².